The molecule has 130 valence electrons. The van der Waals surface area contributed by atoms with Gasteiger partial charge in [-0.1, -0.05) is 31.5 Å². The maximum absolute atomic E-state index is 12.1. The molecule has 0 atom stereocenters. The highest BCUT2D eigenvalue weighted by Gasteiger charge is 2.12. The third-order valence-corrected chi connectivity index (χ3v) is 4.01. The van der Waals surface area contributed by atoms with E-state index in [2.05, 4.69) is 0 Å². The molecular formula is C20H20O5. The van der Waals surface area contributed by atoms with Crippen LogP contribution < -0.4 is 10.4 Å². The zero-order valence-electron chi connectivity index (χ0n) is 14.3. The molecule has 0 N–H and O–H groups in total. The summed E-state index contributed by atoms with van der Waals surface area (Å²) < 4.78 is 16.0. The smallest absolute Gasteiger partial charge is 0.344 e. The Labute approximate surface area is 145 Å². The van der Waals surface area contributed by atoms with Gasteiger partial charge >= 0.3 is 11.6 Å². The molecule has 0 unspecified atom stereocenters. The third-order valence-electron chi connectivity index (χ3n) is 4.01. The molecule has 0 spiro atoms. The van der Waals surface area contributed by atoms with Crippen LogP contribution in [0.2, 0.25) is 0 Å². The first-order valence-electron chi connectivity index (χ1n) is 8.34. The fourth-order valence-electron chi connectivity index (χ4n) is 2.78. The summed E-state index contributed by atoms with van der Waals surface area (Å²) in [5, 5.41) is 2.26. The summed E-state index contributed by atoms with van der Waals surface area (Å²) in [6, 6.07) is 10.8. The van der Waals surface area contributed by atoms with Gasteiger partial charge in [0.1, 0.15) is 11.3 Å². The Kier molecular flexibility index (Phi) is 5.03. The van der Waals surface area contributed by atoms with Gasteiger partial charge in [-0.2, -0.15) is 0 Å². The Morgan fingerprint density at radius 1 is 1.16 bits per heavy atom. The van der Waals surface area contributed by atoms with Gasteiger partial charge < -0.3 is 13.9 Å². The second-order valence-electron chi connectivity index (χ2n) is 5.91. The van der Waals surface area contributed by atoms with E-state index in [0.717, 1.165) is 29.2 Å². The van der Waals surface area contributed by atoms with Crippen molar-refractivity contribution < 1.29 is 18.7 Å². The number of ether oxygens (including phenoxy) is 2. The Hall–Kier alpha value is -2.82. The fourth-order valence-corrected chi connectivity index (χ4v) is 2.78. The van der Waals surface area contributed by atoms with Crippen LogP contribution in [0.5, 0.6) is 5.75 Å². The monoisotopic (exact) mass is 340 g/mol. The van der Waals surface area contributed by atoms with Crippen LogP contribution in [0, 0.1) is 6.92 Å². The van der Waals surface area contributed by atoms with E-state index in [-0.39, 0.29) is 6.61 Å². The van der Waals surface area contributed by atoms with E-state index in [9.17, 15) is 9.59 Å². The number of fused-ring (bicyclic) bond motifs is 3. The van der Waals surface area contributed by atoms with Gasteiger partial charge in [0, 0.05) is 16.8 Å². The van der Waals surface area contributed by atoms with Crippen LogP contribution in [-0.2, 0) is 9.53 Å². The number of benzene rings is 2. The number of unbranched alkanes of at least 4 members (excludes halogenated alkanes) is 1. The maximum atomic E-state index is 12.1. The summed E-state index contributed by atoms with van der Waals surface area (Å²) in [7, 11) is 0. The van der Waals surface area contributed by atoms with E-state index in [1.54, 1.807) is 12.1 Å². The predicted molar refractivity (Wildman–Crippen MR) is 96.1 cm³/mol. The number of hydrogen-bond acceptors (Lipinski definition) is 5. The molecule has 0 saturated heterocycles. The zero-order chi connectivity index (χ0) is 17.8. The van der Waals surface area contributed by atoms with E-state index in [1.807, 2.05) is 38.1 Å². The van der Waals surface area contributed by atoms with Crippen LogP contribution >= 0.6 is 0 Å². The molecule has 3 aromatic rings. The average Bonchev–Trinajstić information content (AvgIpc) is 2.60. The standard InChI is InChI=1S/C20H20O5/c1-3-4-9-23-18(21)12-24-14-10-13(2)19-15-7-5-6-8-16(15)20(22)25-17(19)11-14/h5-8,10-11H,3-4,9,12H2,1-2H3. The lowest BCUT2D eigenvalue weighted by Crippen LogP contribution is -2.15. The van der Waals surface area contributed by atoms with Crippen molar-refractivity contribution >= 4 is 27.7 Å². The number of carbonyl (C=O) groups is 1. The number of rotatable bonds is 6. The van der Waals surface area contributed by atoms with Crippen molar-refractivity contribution in [3.05, 3.63) is 52.4 Å². The molecule has 1 aromatic heterocycles. The predicted octanol–water partition coefficient (Wildman–Crippen LogP) is 3.98. The minimum Gasteiger partial charge on any atom is -0.482 e. The van der Waals surface area contributed by atoms with Crippen LogP contribution in [0.3, 0.4) is 0 Å². The van der Waals surface area contributed by atoms with E-state index < -0.39 is 11.6 Å². The SMILES string of the molecule is CCCCOC(=O)COc1cc(C)c2c(c1)oc(=O)c1ccccc12. The molecular weight excluding hydrogens is 320 g/mol. The molecule has 25 heavy (non-hydrogen) atoms. The second-order valence-corrected chi connectivity index (χ2v) is 5.91. The molecule has 5 nitrogen and oxygen atoms in total. The first kappa shape index (κ1) is 17.0. The molecule has 0 radical (unpaired) electrons. The molecule has 5 heteroatoms. The molecule has 1 heterocycles. The van der Waals surface area contributed by atoms with Gasteiger partial charge in [-0.05, 0) is 31.0 Å². The summed E-state index contributed by atoms with van der Waals surface area (Å²) in [6.07, 6.45) is 1.80. The molecule has 0 amide bonds. The van der Waals surface area contributed by atoms with Crippen molar-refractivity contribution in [1.82, 2.24) is 0 Å². The molecule has 2 aromatic carbocycles. The Morgan fingerprint density at radius 3 is 2.68 bits per heavy atom. The van der Waals surface area contributed by atoms with Crippen molar-refractivity contribution in [1.29, 1.82) is 0 Å². The molecule has 0 saturated carbocycles. The number of aryl methyl sites for hydroxylation is 1. The van der Waals surface area contributed by atoms with E-state index in [0.29, 0.717) is 23.3 Å². The van der Waals surface area contributed by atoms with Crippen molar-refractivity contribution in [2.45, 2.75) is 26.7 Å². The summed E-state index contributed by atoms with van der Waals surface area (Å²) in [6.45, 7) is 4.17. The van der Waals surface area contributed by atoms with E-state index in [4.69, 9.17) is 13.9 Å². The normalized spacial score (nSPS) is 11.0. The Balaban J connectivity index is 1.88. The van der Waals surface area contributed by atoms with Gasteiger partial charge in [-0.25, -0.2) is 9.59 Å². The minimum absolute atomic E-state index is 0.174. The first-order valence-corrected chi connectivity index (χ1v) is 8.34. The van der Waals surface area contributed by atoms with Gasteiger partial charge in [0.15, 0.2) is 6.61 Å². The molecule has 0 aliphatic carbocycles. The number of hydrogen-bond donors (Lipinski definition) is 0. The van der Waals surface area contributed by atoms with E-state index in [1.165, 1.54) is 0 Å². The Bertz CT molecular complexity index is 971. The van der Waals surface area contributed by atoms with Crippen LogP contribution in [0.15, 0.2) is 45.6 Å². The lowest BCUT2D eigenvalue weighted by Gasteiger charge is -2.10. The molecule has 0 fully saturated rings. The quantitative estimate of drug-likeness (QED) is 0.294. The number of carbonyl (C=O) groups excluding carboxylic acids is 1. The van der Waals surface area contributed by atoms with Crippen molar-refractivity contribution in [2.24, 2.45) is 0 Å². The van der Waals surface area contributed by atoms with Crippen molar-refractivity contribution in [3.8, 4) is 5.75 Å². The van der Waals surface area contributed by atoms with Gasteiger partial charge in [-0.3, -0.25) is 0 Å². The average molecular weight is 340 g/mol. The van der Waals surface area contributed by atoms with Gasteiger partial charge in [0.2, 0.25) is 0 Å². The summed E-state index contributed by atoms with van der Waals surface area (Å²) in [5.41, 5.74) is 0.962. The highest BCUT2D eigenvalue weighted by molar-refractivity contribution is 6.06. The van der Waals surface area contributed by atoms with Crippen molar-refractivity contribution in [3.63, 3.8) is 0 Å². The second kappa shape index (κ2) is 7.38. The fraction of sp³-hybridized carbons (Fsp3) is 0.300. The summed E-state index contributed by atoms with van der Waals surface area (Å²) >= 11 is 0. The van der Waals surface area contributed by atoms with Crippen LogP contribution in [-0.4, -0.2) is 19.2 Å². The summed E-state index contributed by atoms with van der Waals surface area (Å²) in [4.78, 5) is 23.8. The van der Waals surface area contributed by atoms with Gasteiger partial charge in [-0.15, -0.1) is 0 Å². The molecule has 0 aliphatic rings. The molecule has 0 aliphatic heterocycles. The zero-order valence-corrected chi connectivity index (χ0v) is 14.3. The lowest BCUT2D eigenvalue weighted by molar-refractivity contribution is -0.146. The lowest BCUT2D eigenvalue weighted by atomic mass is 10.0. The highest BCUT2D eigenvalue weighted by Crippen LogP contribution is 2.29. The Morgan fingerprint density at radius 2 is 1.92 bits per heavy atom. The van der Waals surface area contributed by atoms with Crippen LogP contribution in [0.4, 0.5) is 0 Å². The third kappa shape index (κ3) is 3.65. The number of esters is 1. The largest absolute Gasteiger partial charge is 0.482 e. The topological polar surface area (TPSA) is 65.7 Å². The van der Waals surface area contributed by atoms with Gasteiger partial charge in [0.25, 0.3) is 0 Å². The summed E-state index contributed by atoms with van der Waals surface area (Å²) in [5.74, 6) is 0.0574. The van der Waals surface area contributed by atoms with E-state index >= 15 is 0 Å². The van der Waals surface area contributed by atoms with Crippen molar-refractivity contribution in [2.75, 3.05) is 13.2 Å². The van der Waals surface area contributed by atoms with Crippen LogP contribution in [0.25, 0.3) is 21.7 Å². The maximum Gasteiger partial charge on any atom is 0.344 e. The first-order chi connectivity index (χ1) is 12.1. The van der Waals surface area contributed by atoms with Gasteiger partial charge in [0.05, 0.1) is 12.0 Å². The van der Waals surface area contributed by atoms with Crippen LogP contribution in [0.1, 0.15) is 25.3 Å². The molecule has 3 rings (SSSR count). The molecule has 0 bridgehead atoms. The highest BCUT2D eigenvalue weighted by atomic mass is 16.6. The minimum atomic E-state index is -0.411.